The Bertz CT molecular complexity index is 1020. The lowest BCUT2D eigenvalue weighted by Crippen LogP contribution is -2.37. The van der Waals surface area contributed by atoms with Gasteiger partial charge in [0.25, 0.3) is 12.3 Å². The molecule has 0 saturated heterocycles. The summed E-state index contributed by atoms with van der Waals surface area (Å²) in [6.07, 6.45) is 0.161. The van der Waals surface area contributed by atoms with E-state index in [1.807, 2.05) is 0 Å². The van der Waals surface area contributed by atoms with E-state index < -0.39 is 29.4 Å². The number of amidine groups is 1. The Balaban J connectivity index is 1.64. The molecule has 31 heavy (non-hydrogen) atoms. The predicted octanol–water partition coefficient (Wildman–Crippen LogP) is 3.49. The molecular formula is C20H20F3N5O2S. The lowest BCUT2D eigenvalue weighted by atomic mass is 9.81. The summed E-state index contributed by atoms with van der Waals surface area (Å²) in [5.41, 5.74) is 5.11. The summed E-state index contributed by atoms with van der Waals surface area (Å²) in [6, 6.07) is 4.21. The molecule has 0 unspecified atom stereocenters. The number of thioether (sulfide) groups is 1. The van der Waals surface area contributed by atoms with Gasteiger partial charge in [-0.2, -0.15) is 0 Å². The molecule has 1 aliphatic heterocycles. The summed E-state index contributed by atoms with van der Waals surface area (Å²) in [5, 5.41) is 3.00. The number of nitrogens with one attached hydrogen (secondary N) is 1. The van der Waals surface area contributed by atoms with Crippen LogP contribution in [-0.4, -0.2) is 40.0 Å². The third kappa shape index (κ3) is 4.11. The summed E-state index contributed by atoms with van der Waals surface area (Å²) in [4.78, 5) is 24.4. The Hall–Kier alpha value is -2.66. The van der Waals surface area contributed by atoms with Crippen LogP contribution in [0.25, 0.3) is 0 Å². The highest BCUT2D eigenvalue weighted by molar-refractivity contribution is 8.13. The highest BCUT2D eigenvalue weighted by atomic mass is 32.2. The van der Waals surface area contributed by atoms with Crippen LogP contribution in [0.3, 0.4) is 0 Å². The molecule has 164 valence electrons. The first-order valence-corrected chi connectivity index (χ1v) is 10.5. The van der Waals surface area contributed by atoms with E-state index >= 15 is 0 Å². The van der Waals surface area contributed by atoms with Gasteiger partial charge in [-0.1, -0.05) is 11.8 Å². The number of amides is 1. The lowest BCUT2D eigenvalue weighted by Gasteiger charge is -2.36. The molecule has 0 bridgehead atoms. The highest BCUT2D eigenvalue weighted by Crippen LogP contribution is 2.52. The van der Waals surface area contributed by atoms with E-state index in [0.717, 1.165) is 18.8 Å². The molecule has 1 aromatic heterocycles. The maximum atomic E-state index is 15.0. The van der Waals surface area contributed by atoms with E-state index in [1.54, 1.807) is 7.11 Å². The molecule has 2 aliphatic rings. The van der Waals surface area contributed by atoms with Gasteiger partial charge < -0.3 is 15.8 Å². The Morgan fingerprint density at radius 2 is 2.16 bits per heavy atom. The maximum absolute atomic E-state index is 15.0. The second-order valence-corrected chi connectivity index (χ2v) is 8.50. The van der Waals surface area contributed by atoms with E-state index in [0.29, 0.717) is 28.6 Å². The minimum atomic E-state index is -2.78. The molecule has 0 radical (unpaired) electrons. The number of halogens is 3. The number of hydrogen-bond acceptors (Lipinski definition) is 7. The lowest BCUT2D eigenvalue weighted by molar-refractivity contribution is 0.101. The van der Waals surface area contributed by atoms with Crippen molar-refractivity contribution in [2.75, 3.05) is 18.2 Å². The molecule has 1 amide bonds. The minimum absolute atomic E-state index is 0.0305. The van der Waals surface area contributed by atoms with E-state index in [2.05, 4.69) is 20.3 Å². The topological polar surface area (TPSA) is 102 Å². The van der Waals surface area contributed by atoms with Crippen LogP contribution in [0.1, 0.15) is 41.0 Å². The van der Waals surface area contributed by atoms with Gasteiger partial charge in [0.1, 0.15) is 17.2 Å². The first-order valence-electron chi connectivity index (χ1n) is 9.55. The number of benzene rings is 1. The molecule has 3 atom stereocenters. The van der Waals surface area contributed by atoms with Gasteiger partial charge in [-0.25, -0.2) is 18.2 Å². The van der Waals surface area contributed by atoms with Crippen LogP contribution in [0.4, 0.5) is 18.9 Å². The maximum Gasteiger partial charge on any atom is 0.281 e. The number of rotatable bonds is 5. The van der Waals surface area contributed by atoms with Gasteiger partial charge in [0, 0.05) is 36.5 Å². The number of aromatic nitrogens is 2. The summed E-state index contributed by atoms with van der Waals surface area (Å²) in [7, 11) is 1.61. The molecule has 4 rings (SSSR count). The van der Waals surface area contributed by atoms with Crippen molar-refractivity contribution in [1.29, 1.82) is 0 Å². The molecule has 2 aromatic rings. The number of alkyl halides is 2. The molecule has 1 aromatic carbocycles. The smallest absolute Gasteiger partial charge is 0.281 e. The number of carbonyl (C=O) groups excluding carboxylic acids is 1. The van der Waals surface area contributed by atoms with Crippen molar-refractivity contribution in [1.82, 2.24) is 9.97 Å². The average Bonchev–Trinajstić information content (AvgIpc) is 3.14. The fourth-order valence-corrected chi connectivity index (χ4v) is 5.15. The molecule has 0 spiro atoms. The zero-order valence-electron chi connectivity index (χ0n) is 16.5. The second-order valence-electron chi connectivity index (χ2n) is 7.46. The van der Waals surface area contributed by atoms with Crippen molar-refractivity contribution >= 4 is 28.5 Å². The van der Waals surface area contributed by atoms with Crippen molar-refractivity contribution in [3.63, 3.8) is 0 Å². The summed E-state index contributed by atoms with van der Waals surface area (Å²) in [6.45, 7) is 0. The Labute approximate surface area is 180 Å². The number of aliphatic imine (C=N–C) groups is 1. The van der Waals surface area contributed by atoms with Gasteiger partial charge in [-0.3, -0.25) is 14.8 Å². The largest absolute Gasteiger partial charge is 0.381 e. The zero-order chi connectivity index (χ0) is 22.2. The average molecular weight is 451 g/mol. The number of nitrogens with two attached hydrogens (primary N) is 1. The van der Waals surface area contributed by atoms with Crippen LogP contribution in [0.5, 0.6) is 0 Å². The number of carbonyl (C=O) groups is 1. The Morgan fingerprint density at radius 3 is 2.84 bits per heavy atom. The minimum Gasteiger partial charge on any atom is -0.381 e. The number of methoxy groups -OCH3 is 1. The van der Waals surface area contributed by atoms with E-state index in [1.165, 1.54) is 30.0 Å². The van der Waals surface area contributed by atoms with Crippen LogP contribution in [0.15, 0.2) is 35.6 Å². The van der Waals surface area contributed by atoms with Gasteiger partial charge >= 0.3 is 0 Å². The van der Waals surface area contributed by atoms with Crippen molar-refractivity contribution in [3.8, 4) is 0 Å². The molecular weight excluding hydrogens is 431 g/mol. The number of ether oxygens (including phenoxy) is 1. The quantitative estimate of drug-likeness (QED) is 0.722. The summed E-state index contributed by atoms with van der Waals surface area (Å²) >= 11 is 1.43. The fourth-order valence-electron chi connectivity index (χ4n) is 4.13. The Morgan fingerprint density at radius 1 is 1.35 bits per heavy atom. The van der Waals surface area contributed by atoms with E-state index in [-0.39, 0.29) is 17.7 Å². The van der Waals surface area contributed by atoms with Gasteiger partial charge in [0.2, 0.25) is 0 Å². The van der Waals surface area contributed by atoms with Crippen LogP contribution in [0, 0.1) is 11.7 Å². The van der Waals surface area contributed by atoms with Crippen molar-refractivity contribution in [2.24, 2.45) is 16.6 Å². The standard InChI is InChI=1S/C20H20F3N5O2S/c1-30-12-4-10-9-31-19(24)28-20(10,6-12)13-5-11(2-3-14(13)21)27-18(29)16-8-25-15(7-26-16)17(22)23/h2-3,5,7-8,10,12,17H,4,6,9H2,1H3,(H2,24,28)(H,27,29)/t10-,12+,20+/m1/s1. The van der Waals surface area contributed by atoms with E-state index in [9.17, 15) is 18.0 Å². The second kappa shape index (κ2) is 8.46. The van der Waals surface area contributed by atoms with Crippen LogP contribution < -0.4 is 11.1 Å². The molecule has 11 heteroatoms. The summed E-state index contributed by atoms with van der Waals surface area (Å²) in [5.74, 6) is -0.382. The predicted molar refractivity (Wildman–Crippen MR) is 111 cm³/mol. The van der Waals surface area contributed by atoms with E-state index in [4.69, 9.17) is 10.5 Å². The van der Waals surface area contributed by atoms with Crippen molar-refractivity contribution < 1.29 is 22.7 Å². The van der Waals surface area contributed by atoms with Crippen LogP contribution >= 0.6 is 11.8 Å². The van der Waals surface area contributed by atoms with Gasteiger partial charge in [-0.05, 0) is 24.6 Å². The molecule has 3 N–H and O–H groups in total. The molecule has 2 heterocycles. The third-order valence-corrected chi connectivity index (χ3v) is 6.61. The summed E-state index contributed by atoms with van der Waals surface area (Å²) < 4.78 is 45.7. The fraction of sp³-hybridized carbons (Fsp3) is 0.400. The molecule has 1 fully saturated rings. The Kier molecular flexibility index (Phi) is 5.89. The SMILES string of the molecule is CO[C@H]1C[C@@H]2CSC(N)=N[C@@]2(c2cc(NC(=O)c3cnc(C(F)F)cn3)ccc2F)C1. The molecule has 7 nitrogen and oxygen atoms in total. The number of fused-ring (bicyclic) bond motifs is 1. The van der Waals surface area contributed by atoms with Gasteiger partial charge in [0.05, 0.1) is 24.0 Å². The number of nitrogens with zero attached hydrogens (tertiary/aromatic N) is 3. The van der Waals surface area contributed by atoms with Crippen molar-refractivity contribution in [3.05, 3.63) is 53.4 Å². The van der Waals surface area contributed by atoms with Crippen molar-refractivity contribution in [2.45, 2.75) is 30.9 Å². The number of anilines is 1. The first kappa shape index (κ1) is 21.6. The molecule has 1 saturated carbocycles. The monoisotopic (exact) mass is 451 g/mol. The van der Waals surface area contributed by atoms with Crippen LogP contribution in [-0.2, 0) is 10.3 Å². The third-order valence-electron chi connectivity index (χ3n) is 5.66. The van der Waals surface area contributed by atoms with Gasteiger partial charge in [-0.15, -0.1) is 0 Å². The zero-order valence-corrected chi connectivity index (χ0v) is 17.3. The van der Waals surface area contributed by atoms with Gasteiger partial charge in [0.15, 0.2) is 5.17 Å². The molecule has 1 aliphatic carbocycles. The van der Waals surface area contributed by atoms with Crippen LogP contribution in [0.2, 0.25) is 0 Å². The first-order chi connectivity index (χ1) is 14.8. The number of hydrogen-bond donors (Lipinski definition) is 2. The highest BCUT2D eigenvalue weighted by Gasteiger charge is 2.52. The normalized spacial score (nSPS) is 25.3.